The van der Waals surface area contributed by atoms with Crippen molar-refractivity contribution in [2.75, 3.05) is 19.4 Å². The molecular formula is C16H18N6O4S. The van der Waals surface area contributed by atoms with Gasteiger partial charge in [0, 0.05) is 21.1 Å². The Kier molecular flexibility index (Phi) is 4.81. The summed E-state index contributed by atoms with van der Waals surface area (Å²) in [5.74, 6) is -0.552. The first-order chi connectivity index (χ1) is 12.7. The lowest BCUT2D eigenvalue weighted by Crippen LogP contribution is -2.29. The van der Waals surface area contributed by atoms with E-state index in [4.69, 9.17) is 0 Å². The van der Waals surface area contributed by atoms with Crippen LogP contribution in [0.3, 0.4) is 0 Å². The average Bonchev–Trinajstić information content (AvgIpc) is 2.99. The summed E-state index contributed by atoms with van der Waals surface area (Å²) in [7, 11) is 0.737. The summed E-state index contributed by atoms with van der Waals surface area (Å²) in [6, 6.07) is 6.07. The van der Waals surface area contributed by atoms with Gasteiger partial charge in [0.25, 0.3) is 5.56 Å². The Balaban J connectivity index is 1.88. The van der Waals surface area contributed by atoms with Crippen LogP contribution in [-0.4, -0.2) is 52.1 Å². The molecule has 0 aliphatic rings. The Morgan fingerprint density at radius 3 is 2.67 bits per heavy atom. The number of aryl methyl sites for hydroxylation is 1. The number of fused-ring (bicyclic) bond motifs is 1. The lowest BCUT2D eigenvalue weighted by Gasteiger charge is -2.15. The fraction of sp³-hybridized carbons (Fsp3) is 0.250. The first-order valence-electron chi connectivity index (χ1n) is 7.90. The number of carbonyl (C=O) groups is 1. The van der Waals surface area contributed by atoms with Crippen molar-refractivity contribution in [3.05, 3.63) is 47.1 Å². The van der Waals surface area contributed by atoms with Crippen molar-refractivity contribution >= 4 is 32.7 Å². The zero-order chi connectivity index (χ0) is 19.8. The van der Waals surface area contributed by atoms with E-state index < -0.39 is 21.5 Å². The Bertz CT molecular complexity index is 1180. The zero-order valence-corrected chi connectivity index (χ0v) is 15.8. The van der Waals surface area contributed by atoms with Crippen LogP contribution in [0.25, 0.3) is 11.0 Å². The summed E-state index contributed by atoms with van der Waals surface area (Å²) in [5, 5.41) is 6.81. The molecule has 0 unspecified atom stereocenters. The van der Waals surface area contributed by atoms with Gasteiger partial charge >= 0.3 is 0 Å². The molecule has 0 fully saturated rings. The number of nitrogens with one attached hydrogen (secondary N) is 1. The van der Waals surface area contributed by atoms with Crippen molar-refractivity contribution in [2.24, 2.45) is 7.05 Å². The summed E-state index contributed by atoms with van der Waals surface area (Å²) < 4.78 is 28.5. The van der Waals surface area contributed by atoms with E-state index in [2.05, 4.69) is 15.4 Å². The summed E-state index contributed by atoms with van der Waals surface area (Å²) in [5.41, 5.74) is 0.149. The molecule has 0 saturated heterocycles. The van der Waals surface area contributed by atoms with Crippen molar-refractivity contribution in [2.45, 2.75) is 11.4 Å². The summed E-state index contributed by atoms with van der Waals surface area (Å²) >= 11 is 0. The van der Waals surface area contributed by atoms with Crippen LogP contribution in [0.5, 0.6) is 0 Å². The van der Waals surface area contributed by atoms with Crippen LogP contribution in [0.2, 0.25) is 0 Å². The van der Waals surface area contributed by atoms with Crippen LogP contribution < -0.4 is 10.9 Å². The van der Waals surface area contributed by atoms with E-state index in [1.165, 1.54) is 43.4 Å². The normalized spacial score (nSPS) is 11.9. The molecule has 1 N–H and O–H groups in total. The molecule has 1 amide bonds. The number of hydrogen-bond donors (Lipinski definition) is 1. The molecule has 142 valence electrons. The number of amides is 1. The lowest BCUT2D eigenvalue weighted by molar-refractivity contribution is -0.116. The van der Waals surface area contributed by atoms with Gasteiger partial charge in [0.2, 0.25) is 15.9 Å². The predicted molar refractivity (Wildman–Crippen MR) is 98.7 cm³/mol. The van der Waals surface area contributed by atoms with Crippen LogP contribution in [0.1, 0.15) is 0 Å². The van der Waals surface area contributed by atoms with E-state index in [0.29, 0.717) is 11.0 Å². The maximum Gasteiger partial charge on any atom is 0.264 e. The van der Waals surface area contributed by atoms with Gasteiger partial charge in [-0.3, -0.25) is 18.8 Å². The second-order valence-corrected chi connectivity index (χ2v) is 8.14. The number of hydrogen-bond acceptors (Lipinski definition) is 6. The van der Waals surface area contributed by atoms with Crippen molar-refractivity contribution in [3.8, 4) is 0 Å². The molecule has 0 atom stereocenters. The highest BCUT2D eigenvalue weighted by Gasteiger charge is 2.22. The third-order valence-corrected chi connectivity index (χ3v) is 5.83. The van der Waals surface area contributed by atoms with Gasteiger partial charge in [-0.2, -0.15) is 5.10 Å². The van der Waals surface area contributed by atoms with E-state index in [1.807, 2.05) is 0 Å². The highest BCUT2D eigenvalue weighted by Crippen LogP contribution is 2.23. The van der Waals surface area contributed by atoms with Gasteiger partial charge in [-0.25, -0.2) is 17.7 Å². The molecule has 0 spiro atoms. The summed E-state index contributed by atoms with van der Waals surface area (Å²) in [6.45, 7) is -0.312. The van der Waals surface area contributed by atoms with Crippen molar-refractivity contribution in [1.82, 2.24) is 23.6 Å². The van der Waals surface area contributed by atoms with Gasteiger partial charge in [-0.05, 0) is 12.1 Å². The van der Waals surface area contributed by atoms with Crippen molar-refractivity contribution in [3.63, 3.8) is 0 Å². The Hall–Kier alpha value is -3.05. The highest BCUT2D eigenvalue weighted by atomic mass is 32.2. The monoisotopic (exact) mass is 390 g/mol. The molecule has 11 heteroatoms. The highest BCUT2D eigenvalue weighted by molar-refractivity contribution is 7.89. The molecule has 0 radical (unpaired) electrons. The van der Waals surface area contributed by atoms with Crippen LogP contribution in [0.15, 0.2) is 46.5 Å². The number of rotatable bonds is 5. The molecular weight excluding hydrogens is 372 g/mol. The minimum absolute atomic E-state index is 0.0310. The van der Waals surface area contributed by atoms with E-state index in [1.54, 1.807) is 19.2 Å². The maximum atomic E-state index is 12.4. The van der Waals surface area contributed by atoms with Gasteiger partial charge in [0.1, 0.15) is 23.2 Å². The summed E-state index contributed by atoms with van der Waals surface area (Å²) in [6.07, 6.45) is 2.65. The van der Waals surface area contributed by atoms with Gasteiger partial charge in [-0.1, -0.05) is 12.1 Å². The molecule has 27 heavy (non-hydrogen) atoms. The Morgan fingerprint density at radius 2 is 1.96 bits per heavy atom. The van der Waals surface area contributed by atoms with Crippen LogP contribution in [0.4, 0.5) is 5.69 Å². The lowest BCUT2D eigenvalue weighted by atomic mass is 10.3. The number of benzene rings is 1. The predicted octanol–water partition coefficient (Wildman–Crippen LogP) is 0.0190. The molecule has 0 bridgehead atoms. The van der Waals surface area contributed by atoms with Gasteiger partial charge in [-0.15, -0.1) is 0 Å². The Morgan fingerprint density at radius 1 is 1.26 bits per heavy atom. The summed E-state index contributed by atoms with van der Waals surface area (Å²) in [4.78, 5) is 28.9. The minimum atomic E-state index is -3.73. The number of aromatic nitrogens is 4. The first kappa shape index (κ1) is 18.7. The molecule has 3 rings (SSSR count). The van der Waals surface area contributed by atoms with Gasteiger partial charge in [0.05, 0.1) is 11.9 Å². The number of carbonyl (C=O) groups excluding carboxylic acids is 1. The quantitative estimate of drug-likeness (QED) is 0.656. The van der Waals surface area contributed by atoms with Crippen molar-refractivity contribution < 1.29 is 13.2 Å². The first-order valence-corrected chi connectivity index (χ1v) is 9.34. The molecule has 0 saturated carbocycles. The minimum Gasteiger partial charge on any atom is -0.323 e. The largest absolute Gasteiger partial charge is 0.323 e. The fourth-order valence-electron chi connectivity index (χ4n) is 2.52. The number of para-hydroxylation sites is 1. The van der Waals surface area contributed by atoms with Crippen LogP contribution >= 0.6 is 0 Å². The molecule has 2 aromatic heterocycles. The third kappa shape index (κ3) is 3.46. The molecule has 2 heterocycles. The number of sulfonamides is 1. The van der Waals surface area contributed by atoms with Crippen molar-refractivity contribution in [1.29, 1.82) is 0 Å². The maximum absolute atomic E-state index is 12.4. The second-order valence-electron chi connectivity index (χ2n) is 6.01. The van der Waals surface area contributed by atoms with E-state index >= 15 is 0 Å². The molecule has 0 aliphatic heterocycles. The topological polar surface area (TPSA) is 119 Å². The molecule has 0 aliphatic carbocycles. The molecule has 3 aromatic rings. The van der Waals surface area contributed by atoms with Crippen LogP contribution in [-0.2, 0) is 28.4 Å². The third-order valence-electron chi connectivity index (χ3n) is 3.95. The van der Waals surface area contributed by atoms with Gasteiger partial charge in [0.15, 0.2) is 5.65 Å². The standard InChI is InChI=1S/C16H18N6O4S/c1-20(2)27(25,26)13-7-5-4-6-12(13)19-14(23)9-22-10-17-15-11(16(22)24)8-18-21(15)3/h4-8,10H,9H2,1-3H3,(H,19,23). The zero-order valence-electron chi connectivity index (χ0n) is 14.9. The van der Waals surface area contributed by atoms with E-state index in [-0.39, 0.29) is 17.1 Å². The van der Waals surface area contributed by atoms with Gasteiger partial charge < -0.3 is 5.32 Å². The molecule has 10 nitrogen and oxygen atoms in total. The smallest absolute Gasteiger partial charge is 0.264 e. The number of anilines is 1. The van der Waals surface area contributed by atoms with Crippen LogP contribution in [0, 0.1) is 0 Å². The van der Waals surface area contributed by atoms with E-state index in [9.17, 15) is 18.0 Å². The SMILES string of the molecule is CN(C)S(=O)(=O)c1ccccc1NC(=O)Cn1cnc2c(cnn2C)c1=O. The second kappa shape index (κ2) is 6.93. The average molecular weight is 390 g/mol. The fourth-order valence-corrected chi connectivity index (χ4v) is 3.56. The Labute approximate surface area is 155 Å². The molecule has 1 aromatic carbocycles. The number of nitrogens with zero attached hydrogens (tertiary/aromatic N) is 5. The van der Waals surface area contributed by atoms with E-state index in [0.717, 1.165) is 8.87 Å².